The van der Waals surface area contributed by atoms with Gasteiger partial charge < -0.3 is 10.1 Å². The number of H-pyrrole nitrogens is 1. The van der Waals surface area contributed by atoms with Crippen molar-refractivity contribution >= 4 is 10.9 Å². The molecule has 4 aromatic rings. The molecule has 1 aromatic heterocycles. The van der Waals surface area contributed by atoms with Gasteiger partial charge in [0.25, 0.3) is 0 Å². The Hall–Kier alpha value is -3.64. The number of nitriles is 1. The highest BCUT2D eigenvalue weighted by Crippen LogP contribution is 2.39. The number of benzene rings is 3. The number of rotatable bonds is 3. The lowest BCUT2D eigenvalue weighted by molar-refractivity contribution is -0.0695. The van der Waals surface area contributed by atoms with Crippen LogP contribution in [0.15, 0.2) is 30.3 Å². The van der Waals surface area contributed by atoms with Crippen molar-refractivity contribution < 1.29 is 13.5 Å². The highest BCUT2D eigenvalue weighted by atomic mass is 19.1. The van der Waals surface area contributed by atoms with E-state index in [0.29, 0.717) is 47.9 Å². The molecule has 0 radical (unpaired) electrons. The second kappa shape index (κ2) is 8.98. The summed E-state index contributed by atoms with van der Waals surface area (Å²) in [5, 5.41) is 21.4. The van der Waals surface area contributed by atoms with Gasteiger partial charge in [-0.15, -0.1) is 0 Å². The van der Waals surface area contributed by atoms with Gasteiger partial charge in [0.15, 0.2) is 0 Å². The smallest absolute Gasteiger partial charge is 0.138 e. The minimum atomic E-state index is -0.645. The molecular formula is C30H27F2N5O. The van der Waals surface area contributed by atoms with Crippen LogP contribution in [0.4, 0.5) is 8.78 Å². The zero-order valence-corrected chi connectivity index (χ0v) is 21.1. The van der Waals surface area contributed by atoms with Crippen LogP contribution in [0, 0.1) is 29.9 Å². The number of halogens is 2. The third-order valence-corrected chi connectivity index (χ3v) is 8.37. The van der Waals surface area contributed by atoms with Crippen molar-refractivity contribution in [2.75, 3.05) is 26.3 Å². The molecule has 3 aromatic carbocycles. The Kier molecular flexibility index (Phi) is 5.55. The minimum Gasteiger partial charge on any atom is -0.378 e. The van der Waals surface area contributed by atoms with Crippen molar-refractivity contribution in [1.82, 2.24) is 20.4 Å². The Bertz CT molecular complexity index is 1650. The lowest BCUT2D eigenvalue weighted by Gasteiger charge is -2.40. The van der Waals surface area contributed by atoms with Gasteiger partial charge >= 0.3 is 0 Å². The molecule has 0 atom stereocenters. The predicted octanol–water partition coefficient (Wildman–Crippen LogP) is 4.76. The number of hydrogen-bond donors (Lipinski definition) is 2. The molecule has 1 fully saturated rings. The lowest BCUT2D eigenvalue weighted by atomic mass is 9.89. The number of nitrogens with zero attached hydrogens (tertiary/aromatic N) is 3. The zero-order chi connectivity index (χ0) is 26.0. The molecule has 0 aliphatic carbocycles. The molecule has 0 spiro atoms. The molecule has 1 saturated heterocycles. The molecule has 2 N–H and O–H groups in total. The van der Waals surface area contributed by atoms with Crippen LogP contribution < -0.4 is 5.32 Å². The first kappa shape index (κ1) is 23.5. The van der Waals surface area contributed by atoms with Crippen LogP contribution in [0.3, 0.4) is 0 Å². The summed E-state index contributed by atoms with van der Waals surface area (Å²) in [5.41, 5.74) is 7.63. The normalized spacial score (nSPS) is 17.6. The van der Waals surface area contributed by atoms with Crippen LogP contribution >= 0.6 is 0 Å². The van der Waals surface area contributed by atoms with Gasteiger partial charge in [0.1, 0.15) is 11.6 Å². The summed E-state index contributed by atoms with van der Waals surface area (Å²) in [7, 11) is 0. The summed E-state index contributed by atoms with van der Waals surface area (Å²) in [5.74, 6) is -1.24. The maximum Gasteiger partial charge on any atom is 0.138 e. The maximum absolute atomic E-state index is 15.7. The van der Waals surface area contributed by atoms with E-state index in [2.05, 4.69) is 45.5 Å². The lowest BCUT2D eigenvalue weighted by Crippen LogP contribution is -2.50. The summed E-state index contributed by atoms with van der Waals surface area (Å²) >= 11 is 0. The maximum atomic E-state index is 15.7. The van der Waals surface area contributed by atoms with Gasteiger partial charge in [0.2, 0.25) is 0 Å². The van der Waals surface area contributed by atoms with Crippen molar-refractivity contribution in [1.29, 1.82) is 5.26 Å². The fourth-order valence-electron chi connectivity index (χ4n) is 6.21. The van der Waals surface area contributed by atoms with Crippen molar-refractivity contribution in [3.8, 4) is 28.5 Å². The van der Waals surface area contributed by atoms with Gasteiger partial charge in [0.05, 0.1) is 47.7 Å². The molecule has 8 heteroatoms. The van der Waals surface area contributed by atoms with Gasteiger partial charge in [0, 0.05) is 41.7 Å². The van der Waals surface area contributed by atoms with Crippen LogP contribution in [0.2, 0.25) is 0 Å². The van der Waals surface area contributed by atoms with Crippen molar-refractivity contribution in [3.63, 3.8) is 0 Å². The van der Waals surface area contributed by atoms with E-state index in [0.717, 1.165) is 43.7 Å². The van der Waals surface area contributed by atoms with Crippen LogP contribution in [0.1, 0.15) is 33.4 Å². The summed E-state index contributed by atoms with van der Waals surface area (Å²) in [6.07, 6.45) is 1.57. The fourth-order valence-corrected chi connectivity index (χ4v) is 6.21. The molecule has 0 saturated carbocycles. The average molecular weight is 512 g/mol. The van der Waals surface area contributed by atoms with Gasteiger partial charge in [-0.2, -0.15) is 10.4 Å². The standard InChI is InChI=1S/C30H27F2N5O/c1-16-6-18(7-20-13-37(5-3-22(16)20)21-14-38-15-21)30-24-10-23(19(11-33)9-27(24)35-36-30)28-26(31)8-17-2-4-34-12-25(17)29(28)32/h6-10,21,34H,2-5,12-15H2,1H3,(H,35,36). The Balaban J connectivity index is 1.36. The number of ether oxygens (including phenoxy) is 1. The summed E-state index contributed by atoms with van der Waals surface area (Å²) < 4.78 is 36.5. The Morgan fingerprint density at radius 2 is 1.95 bits per heavy atom. The third kappa shape index (κ3) is 3.65. The molecule has 0 bridgehead atoms. The first-order chi connectivity index (χ1) is 18.5. The van der Waals surface area contributed by atoms with Crippen LogP contribution in [-0.4, -0.2) is 47.4 Å². The van der Waals surface area contributed by atoms with Gasteiger partial charge in [-0.05, 0) is 78.9 Å². The van der Waals surface area contributed by atoms with Crippen LogP contribution in [-0.2, 0) is 30.7 Å². The molecule has 0 unspecified atom stereocenters. The molecule has 3 aliphatic rings. The van der Waals surface area contributed by atoms with Crippen molar-refractivity contribution in [3.05, 3.63) is 75.3 Å². The van der Waals surface area contributed by atoms with Crippen LogP contribution in [0.5, 0.6) is 0 Å². The molecular weight excluding hydrogens is 484 g/mol. The summed E-state index contributed by atoms with van der Waals surface area (Å²) in [6, 6.07) is 11.7. The van der Waals surface area contributed by atoms with E-state index >= 15 is 8.78 Å². The number of aromatic amines is 1. The second-order valence-electron chi connectivity index (χ2n) is 10.6. The van der Waals surface area contributed by atoms with Gasteiger partial charge in [-0.1, -0.05) is 0 Å². The molecule has 4 heterocycles. The largest absolute Gasteiger partial charge is 0.378 e. The van der Waals surface area contributed by atoms with E-state index in [1.54, 1.807) is 12.1 Å². The third-order valence-electron chi connectivity index (χ3n) is 8.37. The number of nitrogens with one attached hydrogen (secondary N) is 2. The SMILES string of the molecule is Cc1cc(-c2n[nH]c3cc(C#N)c(-c4c(F)cc5c(c4F)CNCC5)cc23)cc2c1CCN(C1COC1)C2. The summed E-state index contributed by atoms with van der Waals surface area (Å²) in [6.45, 7) is 6.62. The predicted molar refractivity (Wildman–Crippen MR) is 140 cm³/mol. The van der Waals surface area contributed by atoms with E-state index in [1.807, 2.05) is 0 Å². The fraction of sp³-hybridized carbons (Fsp3) is 0.333. The van der Waals surface area contributed by atoms with Gasteiger partial charge in [-0.25, -0.2) is 8.78 Å². The van der Waals surface area contributed by atoms with Crippen molar-refractivity contribution in [2.45, 2.75) is 38.9 Å². The first-order valence-corrected chi connectivity index (χ1v) is 13.1. The number of aryl methyl sites for hydroxylation is 1. The highest BCUT2D eigenvalue weighted by Gasteiger charge is 2.30. The number of hydrogen-bond acceptors (Lipinski definition) is 5. The second-order valence-corrected chi connectivity index (χ2v) is 10.6. The van der Waals surface area contributed by atoms with Crippen LogP contribution in [0.25, 0.3) is 33.3 Å². The number of aromatic nitrogens is 2. The Morgan fingerprint density at radius 1 is 1.08 bits per heavy atom. The average Bonchev–Trinajstić information content (AvgIpc) is 3.30. The van der Waals surface area contributed by atoms with E-state index in [1.165, 1.54) is 22.8 Å². The minimum absolute atomic E-state index is 0.155. The first-order valence-electron chi connectivity index (χ1n) is 13.1. The molecule has 3 aliphatic heterocycles. The Morgan fingerprint density at radius 3 is 2.74 bits per heavy atom. The molecule has 6 nitrogen and oxygen atoms in total. The van der Waals surface area contributed by atoms with E-state index < -0.39 is 11.6 Å². The Labute approximate surface area is 219 Å². The van der Waals surface area contributed by atoms with E-state index in [9.17, 15) is 5.26 Å². The van der Waals surface area contributed by atoms with Gasteiger partial charge in [-0.3, -0.25) is 10.00 Å². The quantitative estimate of drug-likeness (QED) is 0.415. The molecule has 7 rings (SSSR count). The van der Waals surface area contributed by atoms with E-state index in [-0.39, 0.29) is 16.7 Å². The topological polar surface area (TPSA) is 77.0 Å². The molecule has 38 heavy (non-hydrogen) atoms. The summed E-state index contributed by atoms with van der Waals surface area (Å²) in [4.78, 5) is 2.48. The van der Waals surface area contributed by atoms with Crippen molar-refractivity contribution in [2.24, 2.45) is 0 Å². The zero-order valence-electron chi connectivity index (χ0n) is 21.1. The van der Waals surface area contributed by atoms with E-state index in [4.69, 9.17) is 4.74 Å². The molecule has 0 amide bonds. The number of fused-ring (bicyclic) bond motifs is 3. The molecule has 192 valence electrons. The highest BCUT2D eigenvalue weighted by molar-refractivity contribution is 5.97. The monoisotopic (exact) mass is 511 g/mol.